The summed E-state index contributed by atoms with van der Waals surface area (Å²) in [5.74, 6) is 1.19. The Kier molecular flexibility index (Phi) is 3.52. The van der Waals surface area contributed by atoms with Gasteiger partial charge in [0.05, 0.1) is 19.1 Å². The predicted molar refractivity (Wildman–Crippen MR) is 70.0 cm³/mol. The molecular formula is C11H10BrN3O3. The van der Waals surface area contributed by atoms with E-state index in [1.165, 1.54) is 13.4 Å². The normalized spacial score (nSPS) is 10.1. The minimum Gasteiger partial charge on any atom is -0.495 e. The summed E-state index contributed by atoms with van der Waals surface area (Å²) in [4.78, 5) is 17.7. The number of rotatable bonds is 3. The van der Waals surface area contributed by atoms with E-state index in [4.69, 9.17) is 15.2 Å². The second kappa shape index (κ2) is 5.09. The lowest BCUT2D eigenvalue weighted by Crippen LogP contribution is -2.08. The summed E-state index contributed by atoms with van der Waals surface area (Å²) in [6.07, 6.45) is 1.26. The maximum atomic E-state index is 11.3. The molecule has 0 aliphatic heterocycles. The van der Waals surface area contributed by atoms with Gasteiger partial charge >= 0.3 is 0 Å². The molecule has 94 valence electrons. The van der Waals surface area contributed by atoms with E-state index in [1.54, 1.807) is 18.2 Å². The van der Waals surface area contributed by atoms with Crippen molar-refractivity contribution in [2.75, 3.05) is 12.8 Å². The van der Waals surface area contributed by atoms with Gasteiger partial charge in [0.15, 0.2) is 0 Å². The summed E-state index contributed by atoms with van der Waals surface area (Å²) < 4.78 is 10.7. The van der Waals surface area contributed by atoms with Gasteiger partial charge in [0, 0.05) is 6.07 Å². The van der Waals surface area contributed by atoms with E-state index in [0.29, 0.717) is 17.2 Å². The van der Waals surface area contributed by atoms with E-state index in [0.717, 1.165) is 0 Å². The molecule has 0 saturated heterocycles. The molecular weight excluding hydrogens is 302 g/mol. The molecule has 1 aromatic heterocycles. The number of benzene rings is 1. The number of hydrogen-bond donors (Lipinski definition) is 2. The Hall–Kier alpha value is -2.02. The number of halogens is 1. The molecule has 0 aliphatic carbocycles. The highest BCUT2D eigenvalue weighted by Gasteiger charge is 2.09. The SMILES string of the molecule is COc1ccc(Oc2nc[nH]c(=O)c2Br)cc1N. The van der Waals surface area contributed by atoms with Crippen molar-refractivity contribution in [3.63, 3.8) is 0 Å². The van der Waals surface area contributed by atoms with Gasteiger partial charge in [-0.1, -0.05) is 0 Å². The van der Waals surface area contributed by atoms with Crippen LogP contribution in [0.15, 0.2) is 33.8 Å². The molecule has 0 saturated carbocycles. The van der Waals surface area contributed by atoms with Gasteiger partial charge in [-0.15, -0.1) is 0 Å². The van der Waals surface area contributed by atoms with Crippen molar-refractivity contribution in [1.29, 1.82) is 0 Å². The Morgan fingerprint density at radius 3 is 2.89 bits per heavy atom. The molecule has 2 aromatic rings. The maximum Gasteiger partial charge on any atom is 0.268 e. The number of aromatic amines is 1. The van der Waals surface area contributed by atoms with Crippen LogP contribution in [-0.4, -0.2) is 17.1 Å². The highest BCUT2D eigenvalue weighted by Crippen LogP contribution is 2.30. The van der Waals surface area contributed by atoms with E-state index in [2.05, 4.69) is 25.9 Å². The molecule has 0 spiro atoms. The molecule has 7 heteroatoms. The third kappa shape index (κ3) is 2.45. The Morgan fingerprint density at radius 2 is 2.22 bits per heavy atom. The second-order valence-electron chi connectivity index (χ2n) is 3.36. The van der Waals surface area contributed by atoms with Crippen molar-refractivity contribution in [3.05, 3.63) is 39.4 Å². The Labute approximate surface area is 111 Å². The summed E-state index contributed by atoms with van der Waals surface area (Å²) in [6, 6.07) is 4.93. The summed E-state index contributed by atoms with van der Waals surface area (Å²) >= 11 is 3.10. The number of ether oxygens (including phenoxy) is 2. The van der Waals surface area contributed by atoms with Crippen LogP contribution < -0.4 is 20.8 Å². The molecule has 0 unspecified atom stereocenters. The van der Waals surface area contributed by atoms with Crippen LogP contribution in [-0.2, 0) is 0 Å². The molecule has 0 atom stereocenters. The highest BCUT2D eigenvalue weighted by atomic mass is 79.9. The van der Waals surface area contributed by atoms with Crippen LogP contribution in [0.2, 0.25) is 0 Å². The number of nitrogens with zero attached hydrogens (tertiary/aromatic N) is 1. The Bertz CT molecular complexity index is 627. The van der Waals surface area contributed by atoms with E-state index >= 15 is 0 Å². The van der Waals surface area contributed by atoms with Crippen LogP contribution in [0.25, 0.3) is 0 Å². The van der Waals surface area contributed by atoms with Crippen LogP contribution >= 0.6 is 15.9 Å². The van der Waals surface area contributed by atoms with Crippen molar-refractivity contribution in [2.24, 2.45) is 0 Å². The molecule has 18 heavy (non-hydrogen) atoms. The van der Waals surface area contributed by atoms with Crippen molar-refractivity contribution >= 4 is 21.6 Å². The Morgan fingerprint density at radius 1 is 1.44 bits per heavy atom. The van der Waals surface area contributed by atoms with Crippen LogP contribution in [0.1, 0.15) is 0 Å². The van der Waals surface area contributed by atoms with Gasteiger partial charge in [-0.2, -0.15) is 0 Å². The fourth-order valence-corrected chi connectivity index (χ4v) is 1.62. The first-order valence-corrected chi connectivity index (χ1v) is 5.75. The molecule has 0 aliphatic rings. The van der Waals surface area contributed by atoms with Gasteiger partial charge in [0.2, 0.25) is 5.88 Å². The van der Waals surface area contributed by atoms with Gasteiger partial charge in [0.25, 0.3) is 5.56 Å². The average Bonchev–Trinajstić information content (AvgIpc) is 2.35. The quantitative estimate of drug-likeness (QED) is 0.845. The Balaban J connectivity index is 2.32. The lowest BCUT2D eigenvalue weighted by molar-refractivity contribution is 0.414. The van der Waals surface area contributed by atoms with Gasteiger partial charge < -0.3 is 20.2 Å². The van der Waals surface area contributed by atoms with E-state index in [1.807, 2.05) is 0 Å². The zero-order valence-corrected chi connectivity index (χ0v) is 11.0. The monoisotopic (exact) mass is 311 g/mol. The topological polar surface area (TPSA) is 90.2 Å². The van der Waals surface area contributed by atoms with E-state index < -0.39 is 0 Å². The zero-order valence-electron chi connectivity index (χ0n) is 9.44. The summed E-state index contributed by atoms with van der Waals surface area (Å²) in [5.41, 5.74) is 5.87. The molecule has 2 rings (SSSR count). The highest BCUT2D eigenvalue weighted by molar-refractivity contribution is 9.10. The smallest absolute Gasteiger partial charge is 0.268 e. The van der Waals surface area contributed by atoms with Crippen LogP contribution in [0.3, 0.4) is 0 Å². The molecule has 0 bridgehead atoms. The maximum absolute atomic E-state index is 11.3. The minimum absolute atomic E-state index is 0.170. The third-order valence-corrected chi connectivity index (χ3v) is 2.88. The first kappa shape index (κ1) is 12.4. The summed E-state index contributed by atoms with van der Waals surface area (Å²) in [5, 5.41) is 0. The molecule has 1 aromatic carbocycles. The second-order valence-corrected chi connectivity index (χ2v) is 4.15. The number of hydrogen-bond acceptors (Lipinski definition) is 5. The molecule has 0 amide bonds. The zero-order chi connectivity index (χ0) is 13.1. The first-order chi connectivity index (χ1) is 8.61. The fraction of sp³-hybridized carbons (Fsp3) is 0.0909. The average molecular weight is 312 g/mol. The van der Waals surface area contributed by atoms with Gasteiger partial charge in [-0.05, 0) is 28.1 Å². The summed E-state index contributed by atoms with van der Waals surface area (Å²) in [7, 11) is 1.53. The van der Waals surface area contributed by atoms with Gasteiger partial charge in [-0.3, -0.25) is 4.79 Å². The standard InChI is InChI=1S/C11H10BrN3O3/c1-17-8-3-2-6(4-7(8)13)18-11-9(12)10(16)14-5-15-11/h2-5H,13H2,1H3,(H,14,15,16). The minimum atomic E-state index is -0.318. The van der Waals surface area contributed by atoms with Crippen molar-refractivity contribution < 1.29 is 9.47 Å². The molecule has 0 radical (unpaired) electrons. The summed E-state index contributed by atoms with van der Waals surface area (Å²) in [6.45, 7) is 0. The number of nitrogens with one attached hydrogen (secondary N) is 1. The van der Waals surface area contributed by atoms with E-state index in [9.17, 15) is 4.79 Å². The van der Waals surface area contributed by atoms with Gasteiger partial charge in [0.1, 0.15) is 16.0 Å². The van der Waals surface area contributed by atoms with Crippen molar-refractivity contribution in [2.45, 2.75) is 0 Å². The predicted octanol–water partition coefficient (Wildman–Crippen LogP) is 1.92. The molecule has 1 heterocycles. The molecule has 0 fully saturated rings. The first-order valence-electron chi connectivity index (χ1n) is 4.96. The largest absolute Gasteiger partial charge is 0.495 e. The van der Waals surface area contributed by atoms with Crippen LogP contribution in [0.5, 0.6) is 17.4 Å². The number of nitrogens with two attached hydrogens (primary N) is 1. The number of methoxy groups -OCH3 is 1. The third-order valence-electron chi connectivity index (χ3n) is 2.18. The van der Waals surface area contributed by atoms with E-state index in [-0.39, 0.29) is 15.9 Å². The number of H-pyrrole nitrogens is 1. The van der Waals surface area contributed by atoms with Crippen LogP contribution in [0, 0.1) is 0 Å². The number of aromatic nitrogens is 2. The lowest BCUT2D eigenvalue weighted by Gasteiger charge is -2.08. The van der Waals surface area contributed by atoms with Crippen molar-refractivity contribution in [1.82, 2.24) is 9.97 Å². The number of nitrogen functional groups attached to an aromatic ring is 1. The molecule has 6 nitrogen and oxygen atoms in total. The fourth-order valence-electron chi connectivity index (χ4n) is 1.33. The number of anilines is 1. The van der Waals surface area contributed by atoms with Gasteiger partial charge in [-0.25, -0.2) is 4.98 Å². The molecule has 3 N–H and O–H groups in total. The van der Waals surface area contributed by atoms with Crippen molar-refractivity contribution in [3.8, 4) is 17.4 Å². The lowest BCUT2D eigenvalue weighted by atomic mass is 10.3. The van der Waals surface area contributed by atoms with Crippen LogP contribution in [0.4, 0.5) is 5.69 Å².